The fraction of sp³-hybridized carbons (Fsp3) is 0.286. The van der Waals surface area contributed by atoms with Gasteiger partial charge in [0.2, 0.25) is 11.3 Å². The lowest BCUT2D eigenvalue weighted by Crippen LogP contribution is -2.13. The van der Waals surface area contributed by atoms with Gasteiger partial charge in [0.15, 0.2) is 5.82 Å². The highest BCUT2D eigenvalue weighted by atomic mass is 16.6. The second-order valence-electron chi connectivity index (χ2n) is 4.71. The normalized spacial score (nSPS) is 10.8. The minimum Gasteiger partial charge on any atom is -0.494 e. The molecule has 1 aromatic carbocycles. The molecular formula is C14H15N5O3. The van der Waals surface area contributed by atoms with E-state index in [1.807, 2.05) is 24.3 Å². The molecule has 0 amide bonds. The average molecular weight is 301 g/mol. The van der Waals surface area contributed by atoms with Crippen molar-refractivity contribution in [1.82, 2.24) is 20.3 Å². The van der Waals surface area contributed by atoms with Crippen molar-refractivity contribution in [3.05, 3.63) is 34.6 Å². The summed E-state index contributed by atoms with van der Waals surface area (Å²) in [7, 11) is 0. The van der Waals surface area contributed by atoms with Crippen LogP contribution < -0.4 is 15.6 Å². The SMILES string of the molecule is CCCCOc1cccc(Nc2nc3nonc3[nH]c2=O)c1. The number of benzene rings is 1. The van der Waals surface area contributed by atoms with Crippen LogP contribution >= 0.6 is 0 Å². The summed E-state index contributed by atoms with van der Waals surface area (Å²) in [5, 5.41) is 10.1. The van der Waals surface area contributed by atoms with Crippen molar-refractivity contribution in [2.24, 2.45) is 0 Å². The Kier molecular flexibility index (Phi) is 3.99. The van der Waals surface area contributed by atoms with Crippen LogP contribution in [0.25, 0.3) is 11.3 Å². The van der Waals surface area contributed by atoms with Gasteiger partial charge in [-0.15, -0.1) is 0 Å². The fourth-order valence-electron chi connectivity index (χ4n) is 1.88. The van der Waals surface area contributed by atoms with E-state index in [9.17, 15) is 4.79 Å². The van der Waals surface area contributed by atoms with Gasteiger partial charge in [-0.1, -0.05) is 19.4 Å². The number of anilines is 2. The molecule has 3 aromatic rings. The van der Waals surface area contributed by atoms with Crippen LogP contribution in [0.5, 0.6) is 5.75 Å². The Balaban J connectivity index is 1.80. The first-order valence-electron chi connectivity index (χ1n) is 6.98. The first-order chi connectivity index (χ1) is 10.8. The molecule has 2 N–H and O–H groups in total. The van der Waals surface area contributed by atoms with E-state index in [0.29, 0.717) is 12.3 Å². The molecular weight excluding hydrogens is 286 g/mol. The van der Waals surface area contributed by atoms with Crippen LogP contribution in [-0.4, -0.2) is 26.9 Å². The molecule has 0 aliphatic rings. The first kappa shape index (κ1) is 14.1. The van der Waals surface area contributed by atoms with E-state index in [-0.39, 0.29) is 17.1 Å². The number of hydrogen-bond donors (Lipinski definition) is 2. The summed E-state index contributed by atoms with van der Waals surface area (Å²) in [4.78, 5) is 18.5. The Bertz CT molecular complexity index is 826. The summed E-state index contributed by atoms with van der Waals surface area (Å²) < 4.78 is 10.1. The Morgan fingerprint density at radius 2 is 2.27 bits per heavy atom. The topological polar surface area (TPSA) is 106 Å². The molecule has 0 saturated heterocycles. The summed E-state index contributed by atoms with van der Waals surface area (Å²) in [6.07, 6.45) is 2.07. The molecule has 2 aromatic heterocycles. The lowest BCUT2D eigenvalue weighted by molar-refractivity contribution is 0.309. The third kappa shape index (κ3) is 3.05. The largest absolute Gasteiger partial charge is 0.494 e. The predicted octanol–water partition coefficient (Wildman–Crippen LogP) is 2.23. The van der Waals surface area contributed by atoms with Gasteiger partial charge in [-0.3, -0.25) is 9.78 Å². The van der Waals surface area contributed by atoms with Gasteiger partial charge in [-0.25, -0.2) is 4.63 Å². The minimum absolute atomic E-state index is 0.119. The van der Waals surface area contributed by atoms with Crippen LogP contribution in [0.1, 0.15) is 19.8 Å². The zero-order chi connectivity index (χ0) is 15.4. The Morgan fingerprint density at radius 3 is 3.14 bits per heavy atom. The van der Waals surface area contributed by atoms with Crippen LogP contribution in [0.15, 0.2) is 33.7 Å². The van der Waals surface area contributed by atoms with Gasteiger partial charge in [0.05, 0.1) is 6.61 Å². The molecule has 0 bridgehead atoms. The molecule has 0 radical (unpaired) electrons. The quantitative estimate of drug-likeness (QED) is 0.672. The van der Waals surface area contributed by atoms with Crippen LogP contribution in [0, 0.1) is 0 Å². The minimum atomic E-state index is -0.402. The van der Waals surface area contributed by atoms with E-state index >= 15 is 0 Å². The van der Waals surface area contributed by atoms with E-state index in [1.54, 1.807) is 0 Å². The molecule has 2 heterocycles. The van der Waals surface area contributed by atoms with Crippen molar-refractivity contribution in [2.75, 3.05) is 11.9 Å². The molecule has 0 saturated carbocycles. The zero-order valence-corrected chi connectivity index (χ0v) is 12.0. The molecule has 0 fully saturated rings. The van der Waals surface area contributed by atoms with E-state index in [1.165, 1.54) is 0 Å². The number of nitrogens with zero attached hydrogens (tertiary/aromatic N) is 3. The van der Waals surface area contributed by atoms with Gasteiger partial charge >= 0.3 is 0 Å². The lowest BCUT2D eigenvalue weighted by Gasteiger charge is -2.08. The summed E-state index contributed by atoms with van der Waals surface area (Å²) in [5.41, 5.74) is 0.743. The highest BCUT2D eigenvalue weighted by Gasteiger charge is 2.09. The van der Waals surface area contributed by atoms with Crippen molar-refractivity contribution >= 4 is 22.8 Å². The van der Waals surface area contributed by atoms with Crippen molar-refractivity contribution in [2.45, 2.75) is 19.8 Å². The number of nitrogens with one attached hydrogen (secondary N) is 2. The van der Waals surface area contributed by atoms with Gasteiger partial charge in [-0.2, -0.15) is 4.98 Å². The number of ether oxygens (including phenoxy) is 1. The maximum absolute atomic E-state index is 11.9. The second kappa shape index (κ2) is 6.25. The van der Waals surface area contributed by atoms with Crippen molar-refractivity contribution in [3.63, 3.8) is 0 Å². The molecule has 22 heavy (non-hydrogen) atoms. The highest BCUT2D eigenvalue weighted by molar-refractivity contribution is 5.67. The highest BCUT2D eigenvalue weighted by Crippen LogP contribution is 2.20. The summed E-state index contributed by atoms with van der Waals surface area (Å²) >= 11 is 0. The van der Waals surface area contributed by atoms with E-state index in [0.717, 1.165) is 18.6 Å². The maximum Gasteiger partial charge on any atom is 0.292 e. The van der Waals surface area contributed by atoms with Crippen LogP contribution in [0.4, 0.5) is 11.5 Å². The van der Waals surface area contributed by atoms with Crippen molar-refractivity contribution < 1.29 is 9.37 Å². The summed E-state index contributed by atoms with van der Waals surface area (Å²) in [6.45, 7) is 2.77. The van der Waals surface area contributed by atoms with E-state index < -0.39 is 5.56 Å². The lowest BCUT2D eigenvalue weighted by atomic mass is 10.3. The van der Waals surface area contributed by atoms with Gasteiger partial charge in [0, 0.05) is 11.8 Å². The Labute approximate surface area is 125 Å². The summed E-state index contributed by atoms with van der Waals surface area (Å²) in [5.74, 6) is 0.855. The summed E-state index contributed by atoms with van der Waals surface area (Å²) in [6, 6.07) is 7.33. The number of rotatable bonds is 6. The van der Waals surface area contributed by atoms with Gasteiger partial charge in [0.1, 0.15) is 5.75 Å². The molecule has 0 aliphatic carbocycles. The fourth-order valence-corrected chi connectivity index (χ4v) is 1.88. The van der Waals surface area contributed by atoms with Gasteiger partial charge < -0.3 is 10.1 Å². The molecule has 114 valence electrons. The Morgan fingerprint density at radius 1 is 1.36 bits per heavy atom. The van der Waals surface area contributed by atoms with Crippen molar-refractivity contribution in [1.29, 1.82) is 0 Å². The number of unbranched alkanes of at least 4 members (excludes halogenated alkanes) is 1. The number of aromatic nitrogens is 4. The molecule has 0 spiro atoms. The third-order valence-electron chi connectivity index (χ3n) is 3.00. The van der Waals surface area contributed by atoms with Crippen LogP contribution in [0.3, 0.4) is 0 Å². The monoisotopic (exact) mass is 301 g/mol. The molecule has 8 nitrogen and oxygen atoms in total. The molecule has 0 aliphatic heterocycles. The average Bonchev–Trinajstić information content (AvgIpc) is 2.95. The molecule has 3 rings (SSSR count). The number of hydrogen-bond acceptors (Lipinski definition) is 7. The molecule has 0 unspecified atom stereocenters. The van der Waals surface area contributed by atoms with Gasteiger partial charge in [-0.05, 0) is 28.9 Å². The first-order valence-corrected chi connectivity index (χ1v) is 6.98. The maximum atomic E-state index is 11.9. The van der Waals surface area contributed by atoms with Crippen LogP contribution in [-0.2, 0) is 0 Å². The Hall–Kier alpha value is -2.90. The zero-order valence-electron chi connectivity index (χ0n) is 12.0. The van der Waals surface area contributed by atoms with Gasteiger partial charge in [0.25, 0.3) is 5.56 Å². The molecule has 8 heteroatoms. The van der Waals surface area contributed by atoms with Crippen molar-refractivity contribution in [3.8, 4) is 5.75 Å². The van der Waals surface area contributed by atoms with Crippen LogP contribution in [0.2, 0.25) is 0 Å². The second-order valence-corrected chi connectivity index (χ2v) is 4.71. The molecule has 0 atom stereocenters. The predicted molar refractivity (Wildman–Crippen MR) is 80.3 cm³/mol. The number of aromatic amines is 1. The van der Waals surface area contributed by atoms with E-state index in [2.05, 4.69) is 37.2 Å². The smallest absolute Gasteiger partial charge is 0.292 e. The number of fused-ring (bicyclic) bond motifs is 1. The standard InChI is InChI=1S/C14H15N5O3/c1-2-3-7-21-10-6-4-5-9(8-10)15-13-14(20)17-12-11(16-13)18-22-19-12/h4-6,8H,2-3,7H2,1H3,(H,15,16,18)(H,17,19,20). The van der Waals surface area contributed by atoms with E-state index in [4.69, 9.17) is 4.74 Å². The third-order valence-corrected chi connectivity index (χ3v) is 3.00. The number of H-pyrrole nitrogens is 1.